The monoisotopic (exact) mass is 306 g/mol. The molecule has 2 rings (SSSR count). The highest BCUT2D eigenvalue weighted by Crippen LogP contribution is 2.18. The number of nitrogens with one attached hydrogen (secondary N) is 1. The van der Waals surface area contributed by atoms with Gasteiger partial charge in [-0.05, 0) is 53.4 Å². The lowest BCUT2D eigenvalue weighted by Gasteiger charge is -2.09. The van der Waals surface area contributed by atoms with E-state index in [0.717, 1.165) is 11.1 Å². The summed E-state index contributed by atoms with van der Waals surface area (Å²) >= 11 is 1.54. The van der Waals surface area contributed by atoms with Gasteiger partial charge in [-0.2, -0.15) is 16.6 Å². The molecule has 0 aliphatic carbocycles. The van der Waals surface area contributed by atoms with Crippen molar-refractivity contribution in [3.63, 3.8) is 0 Å². The van der Waals surface area contributed by atoms with Gasteiger partial charge in [-0.25, -0.2) is 13.1 Å². The Labute approximate surface area is 122 Å². The first-order valence-corrected chi connectivity index (χ1v) is 8.39. The van der Waals surface area contributed by atoms with Crippen LogP contribution in [0.25, 0.3) is 0 Å². The van der Waals surface area contributed by atoms with Crippen LogP contribution < -0.4 is 4.72 Å². The Bertz CT molecular complexity index is 771. The number of rotatable bonds is 4. The van der Waals surface area contributed by atoms with Crippen LogP contribution in [0.1, 0.15) is 22.3 Å². The minimum atomic E-state index is -3.61. The number of nitriles is 1. The fraction of sp³-hybridized carbons (Fsp3) is 0.214. The van der Waals surface area contributed by atoms with Gasteiger partial charge in [0.15, 0.2) is 0 Å². The summed E-state index contributed by atoms with van der Waals surface area (Å²) < 4.78 is 27.2. The quantitative estimate of drug-likeness (QED) is 0.944. The second-order valence-electron chi connectivity index (χ2n) is 4.50. The van der Waals surface area contributed by atoms with Gasteiger partial charge in [-0.3, -0.25) is 0 Å². The molecule has 0 unspecified atom stereocenters. The topological polar surface area (TPSA) is 70.0 Å². The number of thiophene rings is 1. The van der Waals surface area contributed by atoms with Crippen molar-refractivity contribution in [3.05, 3.63) is 51.2 Å². The normalized spacial score (nSPS) is 11.2. The molecule has 0 amide bonds. The lowest BCUT2D eigenvalue weighted by atomic mass is 10.2. The van der Waals surface area contributed by atoms with Crippen molar-refractivity contribution in [2.24, 2.45) is 0 Å². The van der Waals surface area contributed by atoms with Crippen LogP contribution in [0, 0.1) is 25.2 Å². The summed E-state index contributed by atoms with van der Waals surface area (Å²) in [5.74, 6) is 0. The Balaban J connectivity index is 2.27. The summed E-state index contributed by atoms with van der Waals surface area (Å²) in [5.41, 5.74) is 2.99. The summed E-state index contributed by atoms with van der Waals surface area (Å²) in [6.45, 7) is 3.92. The van der Waals surface area contributed by atoms with Gasteiger partial charge in [-0.15, -0.1) is 0 Å². The molecule has 0 radical (unpaired) electrons. The molecule has 104 valence electrons. The first-order chi connectivity index (χ1) is 9.44. The Morgan fingerprint density at radius 1 is 1.25 bits per heavy atom. The van der Waals surface area contributed by atoms with E-state index < -0.39 is 10.0 Å². The van der Waals surface area contributed by atoms with Gasteiger partial charge >= 0.3 is 0 Å². The van der Waals surface area contributed by atoms with E-state index in [4.69, 9.17) is 5.26 Å². The molecule has 0 spiro atoms. The summed E-state index contributed by atoms with van der Waals surface area (Å²) in [6.07, 6.45) is 0. The fourth-order valence-electron chi connectivity index (χ4n) is 1.78. The standard InChI is InChI=1S/C14H14N2O2S2/c1-10-3-4-12(6-15)5-14(10)20(17,18)16-7-13-9-19-8-11(13)2/h3-5,8-9,16H,7H2,1-2H3. The maximum atomic E-state index is 12.3. The van der Waals surface area contributed by atoms with Crippen LogP contribution in [-0.2, 0) is 16.6 Å². The molecule has 0 saturated heterocycles. The lowest BCUT2D eigenvalue weighted by Crippen LogP contribution is -2.24. The molecule has 4 nitrogen and oxygen atoms in total. The van der Waals surface area contributed by atoms with Crippen molar-refractivity contribution in [2.75, 3.05) is 0 Å². The van der Waals surface area contributed by atoms with Gasteiger partial charge in [0.1, 0.15) is 0 Å². The van der Waals surface area contributed by atoms with Gasteiger partial charge in [0, 0.05) is 6.54 Å². The minimum Gasteiger partial charge on any atom is -0.207 e. The summed E-state index contributed by atoms with van der Waals surface area (Å²) in [6, 6.07) is 6.61. The van der Waals surface area contributed by atoms with Crippen LogP contribution in [0.4, 0.5) is 0 Å². The SMILES string of the molecule is Cc1cscc1CNS(=O)(=O)c1cc(C#N)ccc1C. The third-order valence-electron chi connectivity index (χ3n) is 3.02. The van der Waals surface area contributed by atoms with Crippen LogP contribution in [0.5, 0.6) is 0 Å². The van der Waals surface area contributed by atoms with Crippen molar-refractivity contribution in [1.82, 2.24) is 4.72 Å². The third kappa shape index (κ3) is 3.07. The average molecular weight is 306 g/mol. The van der Waals surface area contributed by atoms with E-state index in [1.807, 2.05) is 23.8 Å². The van der Waals surface area contributed by atoms with E-state index in [-0.39, 0.29) is 11.4 Å². The lowest BCUT2D eigenvalue weighted by molar-refractivity contribution is 0.580. The highest BCUT2D eigenvalue weighted by Gasteiger charge is 2.17. The van der Waals surface area contributed by atoms with Gasteiger partial charge in [0.25, 0.3) is 0 Å². The van der Waals surface area contributed by atoms with Crippen LogP contribution >= 0.6 is 11.3 Å². The number of hydrogen-bond acceptors (Lipinski definition) is 4. The number of aryl methyl sites for hydroxylation is 2. The van der Waals surface area contributed by atoms with E-state index in [0.29, 0.717) is 11.1 Å². The van der Waals surface area contributed by atoms with Crippen molar-refractivity contribution in [1.29, 1.82) is 5.26 Å². The molecular weight excluding hydrogens is 292 g/mol. The molecule has 6 heteroatoms. The maximum Gasteiger partial charge on any atom is 0.241 e. The van der Waals surface area contributed by atoms with Crippen LogP contribution in [0.3, 0.4) is 0 Å². The third-order valence-corrected chi connectivity index (χ3v) is 5.47. The molecule has 0 aliphatic rings. The molecule has 0 atom stereocenters. The van der Waals surface area contributed by atoms with E-state index in [9.17, 15) is 8.42 Å². The van der Waals surface area contributed by atoms with Crippen LogP contribution in [0.15, 0.2) is 33.9 Å². The number of hydrogen-bond donors (Lipinski definition) is 1. The Hall–Kier alpha value is -1.68. The molecule has 0 aliphatic heterocycles. The highest BCUT2D eigenvalue weighted by atomic mass is 32.2. The molecular formula is C14H14N2O2S2. The molecule has 2 aromatic rings. The number of benzene rings is 1. The minimum absolute atomic E-state index is 0.157. The second-order valence-corrected chi connectivity index (χ2v) is 6.98. The summed E-state index contributed by atoms with van der Waals surface area (Å²) in [4.78, 5) is 0.157. The number of sulfonamides is 1. The maximum absolute atomic E-state index is 12.3. The molecule has 1 heterocycles. The molecule has 0 fully saturated rings. The van der Waals surface area contributed by atoms with Gasteiger partial charge in [0.05, 0.1) is 16.5 Å². The fourth-order valence-corrected chi connectivity index (χ4v) is 3.91. The Kier molecular flexibility index (Phi) is 4.23. The predicted octanol–water partition coefficient (Wildman–Crippen LogP) is 2.72. The molecule has 0 saturated carbocycles. The van der Waals surface area contributed by atoms with Crippen molar-refractivity contribution < 1.29 is 8.42 Å². The molecule has 1 aromatic heterocycles. The Morgan fingerprint density at radius 3 is 2.60 bits per heavy atom. The summed E-state index contributed by atoms with van der Waals surface area (Å²) in [7, 11) is -3.61. The molecule has 0 bridgehead atoms. The van der Waals surface area contributed by atoms with E-state index in [1.54, 1.807) is 30.4 Å². The predicted molar refractivity (Wildman–Crippen MR) is 79.0 cm³/mol. The molecule has 1 aromatic carbocycles. The van der Waals surface area contributed by atoms with Gasteiger partial charge in [0.2, 0.25) is 10.0 Å². The largest absolute Gasteiger partial charge is 0.241 e. The Morgan fingerprint density at radius 2 is 2.00 bits per heavy atom. The van der Waals surface area contributed by atoms with Gasteiger partial charge < -0.3 is 0 Å². The van der Waals surface area contributed by atoms with E-state index >= 15 is 0 Å². The van der Waals surface area contributed by atoms with E-state index in [1.165, 1.54) is 6.07 Å². The van der Waals surface area contributed by atoms with E-state index in [2.05, 4.69) is 4.72 Å². The number of nitrogens with zero attached hydrogens (tertiary/aromatic N) is 1. The van der Waals surface area contributed by atoms with Gasteiger partial charge in [-0.1, -0.05) is 6.07 Å². The average Bonchev–Trinajstić information content (AvgIpc) is 2.82. The van der Waals surface area contributed by atoms with Crippen LogP contribution in [0.2, 0.25) is 0 Å². The highest BCUT2D eigenvalue weighted by molar-refractivity contribution is 7.89. The first kappa shape index (κ1) is 14.7. The zero-order chi connectivity index (χ0) is 14.8. The van der Waals surface area contributed by atoms with Crippen molar-refractivity contribution >= 4 is 21.4 Å². The smallest absolute Gasteiger partial charge is 0.207 e. The second kappa shape index (κ2) is 5.75. The molecule has 20 heavy (non-hydrogen) atoms. The van der Waals surface area contributed by atoms with Crippen LogP contribution in [-0.4, -0.2) is 8.42 Å². The zero-order valence-corrected chi connectivity index (χ0v) is 12.8. The summed E-state index contributed by atoms with van der Waals surface area (Å²) in [5, 5.41) is 12.8. The first-order valence-electron chi connectivity index (χ1n) is 5.96. The zero-order valence-electron chi connectivity index (χ0n) is 11.2. The van der Waals surface area contributed by atoms with Crippen molar-refractivity contribution in [3.8, 4) is 6.07 Å². The molecule has 1 N–H and O–H groups in total. The van der Waals surface area contributed by atoms with Crippen molar-refractivity contribution in [2.45, 2.75) is 25.3 Å².